The maximum absolute atomic E-state index is 4.43. The second kappa shape index (κ2) is 5.48. The van der Waals surface area contributed by atoms with Crippen molar-refractivity contribution in [2.45, 2.75) is 53.6 Å². The average Bonchev–Trinajstić information content (AvgIpc) is 2.38. The van der Waals surface area contributed by atoms with Crippen molar-refractivity contribution in [3.8, 4) is 0 Å². The molecule has 0 saturated heterocycles. The van der Waals surface area contributed by atoms with Gasteiger partial charge in [-0.1, -0.05) is 13.8 Å². The van der Waals surface area contributed by atoms with E-state index in [-0.39, 0.29) is 0 Å². The van der Waals surface area contributed by atoms with E-state index in [4.69, 9.17) is 0 Å². The fraction of sp³-hybridized carbons (Fsp3) is 0.769. The van der Waals surface area contributed by atoms with Gasteiger partial charge in [-0.05, 0) is 33.1 Å². The first-order valence-corrected chi connectivity index (χ1v) is 6.14. The lowest BCUT2D eigenvalue weighted by Crippen LogP contribution is -2.27. The number of hydrogen-bond donors (Lipinski definition) is 1. The second-order valence-electron chi connectivity index (χ2n) is 5.18. The van der Waals surface area contributed by atoms with Crippen molar-refractivity contribution in [1.82, 2.24) is 15.1 Å². The summed E-state index contributed by atoms with van der Waals surface area (Å²) < 4.78 is 1.96. The van der Waals surface area contributed by atoms with Crippen molar-refractivity contribution in [1.29, 1.82) is 0 Å². The topological polar surface area (TPSA) is 29.9 Å². The Labute approximate surface area is 99.2 Å². The highest BCUT2D eigenvalue weighted by atomic mass is 15.3. The minimum absolute atomic E-state index is 0.569. The molecule has 0 aliphatic carbocycles. The van der Waals surface area contributed by atoms with Gasteiger partial charge in [-0.25, -0.2) is 0 Å². The van der Waals surface area contributed by atoms with Crippen molar-refractivity contribution in [2.24, 2.45) is 13.0 Å². The van der Waals surface area contributed by atoms with E-state index in [0.717, 1.165) is 18.2 Å². The predicted octanol–water partition coefficient (Wildman–Crippen LogP) is 2.56. The van der Waals surface area contributed by atoms with Gasteiger partial charge in [0.25, 0.3) is 0 Å². The van der Waals surface area contributed by atoms with Crippen molar-refractivity contribution in [3.05, 3.63) is 17.0 Å². The first kappa shape index (κ1) is 13.2. The van der Waals surface area contributed by atoms with Crippen molar-refractivity contribution < 1.29 is 0 Å². The number of nitrogens with zero attached hydrogens (tertiary/aromatic N) is 2. The Bertz CT molecular complexity index is 339. The van der Waals surface area contributed by atoms with Crippen LogP contribution in [0.1, 0.15) is 44.1 Å². The van der Waals surface area contributed by atoms with Gasteiger partial charge < -0.3 is 5.32 Å². The Balaban J connectivity index is 2.54. The molecule has 1 heterocycles. The standard InChI is InChI=1S/C13H25N3/c1-9(2)7-10(3)14-8-13-11(4)15-16(6)12(13)5/h9-10,14H,7-8H2,1-6H3. The largest absolute Gasteiger partial charge is 0.310 e. The molecule has 0 bridgehead atoms. The van der Waals surface area contributed by atoms with Gasteiger partial charge in [-0.3, -0.25) is 4.68 Å². The van der Waals surface area contributed by atoms with E-state index >= 15 is 0 Å². The van der Waals surface area contributed by atoms with Gasteiger partial charge in [0.05, 0.1) is 5.69 Å². The molecule has 0 aliphatic heterocycles. The van der Waals surface area contributed by atoms with Gasteiger partial charge >= 0.3 is 0 Å². The third-order valence-corrected chi connectivity index (χ3v) is 3.11. The lowest BCUT2D eigenvalue weighted by atomic mass is 10.0. The van der Waals surface area contributed by atoms with Crippen LogP contribution in [0, 0.1) is 19.8 Å². The van der Waals surface area contributed by atoms with E-state index in [1.807, 2.05) is 11.7 Å². The van der Waals surface area contributed by atoms with Gasteiger partial charge in [-0.2, -0.15) is 5.10 Å². The van der Waals surface area contributed by atoms with Gasteiger partial charge in [0, 0.05) is 30.9 Å². The summed E-state index contributed by atoms with van der Waals surface area (Å²) >= 11 is 0. The molecule has 0 aliphatic rings. The summed E-state index contributed by atoms with van der Waals surface area (Å²) in [5.41, 5.74) is 3.75. The number of nitrogens with one attached hydrogen (secondary N) is 1. The minimum Gasteiger partial charge on any atom is -0.310 e. The number of rotatable bonds is 5. The summed E-state index contributed by atoms with van der Waals surface area (Å²) in [7, 11) is 2.00. The molecular weight excluding hydrogens is 198 g/mol. The number of hydrogen-bond acceptors (Lipinski definition) is 2. The van der Waals surface area contributed by atoms with E-state index in [2.05, 4.69) is 45.0 Å². The van der Waals surface area contributed by atoms with Crippen molar-refractivity contribution in [3.63, 3.8) is 0 Å². The van der Waals surface area contributed by atoms with Crippen LogP contribution in [0.2, 0.25) is 0 Å². The van der Waals surface area contributed by atoms with Gasteiger partial charge in [0.15, 0.2) is 0 Å². The molecule has 1 unspecified atom stereocenters. The van der Waals surface area contributed by atoms with Crippen LogP contribution in [0.3, 0.4) is 0 Å². The summed E-state index contributed by atoms with van der Waals surface area (Å²) in [6, 6.07) is 0.569. The predicted molar refractivity (Wildman–Crippen MR) is 68.4 cm³/mol. The third-order valence-electron chi connectivity index (χ3n) is 3.11. The summed E-state index contributed by atoms with van der Waals surface area (Å²) in [5, 5.41) is 8.00. The quantitative estimate of drug-likeness (QED) is 0.831. The molecule has 1 N–H and O–H groups in total. The van der Waals surface area contributed by atoms with Crippen LogP contribution >= 0.6 is 0 Å². The van der Waals surface area contributed by atoms with Crippen LogP contribution < -0.4 is 5.32 Å². The highest BCUT2D eigenvalue weighted by Gasteiger charge is 2.10. The second-order valence-corrected chi connectivity index (χ2v) is 5.18. The Morgan fingerprint density at radius 1 is 1.25 bits per heavy atom. The normalized spacial score (nSPS) is 13.4. The van der Waals surface area contributed by atoms with Crippen LogP contribution in [0.25, 0.3) is 0 Å². The number of aromatic nitrogens is 2. The smallest absolute Gasteiger partial charge is 0.0641 e. The van der Waals surface area contributed by atoms with Crippen LogP contribution in [0.15, 0.2) is 0 Å². The summed E-state index contributed by atoms with van der Waals surface area (Å²) in [4.78, 5) is 0. The fourth-order valence-electron chi connectivity index (χ4n) is 2.14. The highest BCUT2D eigenvalue weighted by Crippen LogP contribution is 2.12. The monoisotopic (exact) mass is 223 g/mol. The van der Waals surface area contributed by atoms with E-state index in [9.17, 15) is 0 Å². The SMILES string of the molecule is Cc1nn(C)c(C)c1CNC(C)CC(C)C. The molecule has 92 valence electrons. The fourth-order valence-corrected chi connectivity index (χ4v) is 2.14. The zero-order valence-corrected chi connectivity index (χ0v) is 11.5. The lowest BCUT2D eigenvalue weighted by molar-refractivity contribution is 0.440. The van der Waals surface area contributed by atoms with E-state index in [1.165, 1.54) is 17.7 Å². The molecule has 0 spiro atoms. The summed E-state index contributed by atoms with van der Waals surface area (Å²) in [5.74, 6) is 0.749. The molecule has 3 heteroatoms. The van der Waals surface area contributed by atoms with Crippen LogP contribution in [0.4, 0.5) is 0 Å². The molecule has 0 fully saturated rings. The van der Waals surface area contributed by atoms with Gasteiger partial charge in [-0.15, -0.1) is 0 Å². The highest BCUT2D eigenvalue weighted by molar-refractivity contribution is 5.24. The molecule has 1 atom stereocenters. The Morgan fingerprint density at radius 3 is 2.31 bits per heavy atom. The molecular formula is C13H25N3. The summed E-state index contributed by atoms with van der Waals surface area (Å²) in [6.07, 6.45) is 1.22. The maximum atomic E-state index is 4.43. The van der Waals surface area contributed by atoms with Gasteiger partial charge in [0.1, 0.15) is 0 Å². The zero-order chi connectivity index (χ0) is 12.3. The van der Waals surface area contributed by atoms with E-state index < -0.39 is 0 Å². The van der Waals surface area contributed by atoms with Crippen molar-refractivity contribution >= 4 is 0 Å². The molecule has 0 saturated carbocycles. The average molecular weight is 223 g/mol. The molecule has 1 aromatic rings. The van der Waals surface area contributed by atoms with Crippen LogP contribution in [-0.2, 0) is 13.6 Å². The molecule has 1 aromatic heterocycles. The molecule has 0 aromatic carbocycles. The Kier molecular flexibility index (Phi) is 4.54. The van der Waals surface area contributed by atoms with Crippen LogP contribution in [0.5, 0.6) is 0 Å². The van der Waals surface area contributed by atoms with E-state index in [1.54, 1.807) is 0 Å². The maximum Gasteiger partial charge on any atom is 0.0641 e. The van der Waals surface area contributed by atoms with E-state index in [0.29, 0.717) is 6.04 Å². The molecule has 0 amide bonds. The summed E-state index contributed by atoms with van der Waals surface area (Å²) in [6.45, 7) is 11.9. The van der Waals surface area contributed by atoms with Gasteiger partial charge in [0.2, 0.25) is 0 Å². The molecule has 3 nitrogen and oxygen atoms in total. The lowest BCUT2D eigenvalue weighted by Gasteiger charge is -2.16. The molecule has 1 rings (SSSR count). The third kappa shape index (κ3) is 3.34. The first-order valence-electron chi connectivity index (χ1n) is 6.14. The molecule has 16 heavy (non-hydrogen) atoms. The Morgan fingerprint density at radius 2 is 1.88 bits per heavy atom. The molecule has 0 radical (unpaired) electrons. The zero-order valence-electron chi connectivity index (χ0n) is 11.5. The van der Waals surface area contributed by atoms with Crippen LogP contribution in [-0.4, -0.2) is 15.8 Å². The minimum atomic E-state index is 0.569. The first-order chi connectivity index (χ1) is 7.41. The van der Waals surface area contributed by atoms with Crippen molar-refractivity contribution in [2.75, 3.05) is 0 Å². The Hall–Kier alpha value is -0.830. The number of aryl methyl sites for hydroxylation is 2.